The number of hydrogen-bond donors (Lipinski definition) is 2. The molecule has 0 heterocycles. The van der Waals surface area contributed by atoms with E-state index in [1.807, 2.05) is 0 Å². The molecule has 1 saturated carbocycles. The number of methoxy groups -OCH3 is 1. The highest BCUT2D eigenvalue weighted by Crippen LogP contribution is 2.31. The van der Waals surface area contributed by atoms with Crippen LogP contribution in [0.5, 0.6) is 0 Å². The van der Waals surface area contributed by atoms with Crippen LogP contribution < -0.4 is 9.44 Å². The zero-order valence-electron chi connectivity index (χ0n) is 8.95. The molecule has 0 spiro atoms. The molecule has 0 saturated heterocycles. The lowest BCUT2D eigenvalue weighted by atomic mass is 10.0. The Bertz CT molecular complexity index is 351. The predicted molar refractivity (Wildman–Crippen MR) is 62.6 cm³/mol. The van der Waals surface area contributed by atoms with Gasteiger partial charge in [-0.2, -0.15) is 13.1 Å². The van der Waals surface area contributed by atoms with E-state index in [2.05, 4.69) is 25.4 Å². The van der Waals surface area contributed by atoms with Gasteiger partial charge in [-0.1, -0.05) is 28.8 Å². The number of ether oxygens (including phenoxy) is 1. The number of nitrogens with one attached hydrogen (secondary N) is 2. The van der Waals surface area contributed by atoms with Crippen LogP contribution in [0.1, 0.15) is 25.7 Å². The van der Waals surface area contributed by atoms with E-state index < -0.39 is 21.8 Å². The van der Waals surface area contributed by atoms with Gasteiger partial charge in [0.25, 0.3) is 0 Å². The molecule has 0 aromatic rings. The lowest BCUT2D eigenvalue weighted by Gasteiger charge is -2.27. The molecule has 2 N–H and O–H groups in total. The SMILES string of the molecule is COC(=O)NS(=O)(=O)NC1(CBr)CCCC1. The van der Waals surface area contributed by atoms with Crippen molar-refractivity contribution < 1.29 is 17.9 Å². The fourth-order valence-corrected chi connectivity index (χ4v) is 3.86. The lowest BCUT2D eigenvalue weighted by molar-refractivity contribution is 0.177. The van der Waals surface area contributed by atoms with Crippen LogP contribution in [0, 0.1) is 0 Å². The third-order valence-electron chi connectivity index (χ3n) is 2.57. The molecule has 16 heavy (non-hydrogen) atoms. The van der Waals surface area contributed by atoms with Crippen LogP contribution in [0.15, 0.2) is 0 Å². The Kier molecular flexibility index (Phi) is 4.57. The van der Waals surface area contributed by atoms with Gasteiger partial charge in [-0.3, -0.25) is 0 Å². The average molecular weight is 315 g/mol. The summed E-state index contributed by atoms with van der Waals surface area (Å²) < 4.78 is 31.7. The Balaban J connectivity index is 2.67. The van der Waals surface area contributed by atoms with E-state index in [-0.39, 0.29) is 0 Å². The van der Waals surface area contributed by atoms with Crippen molar-refractivity contribution in [2.45, 2.75) is 31.2 Å². The fraction of sp³-hybridized carbons (Fsp3) is 0.875. The molecule has 0 bridgehead atoms. The number of hydrogen-bond acceptors (Lipinski definition) is 4. The number of carbonyl (C=O) groups excluding carboxylic acids is 1. The summed E-state index contributed by atoms with van der Waals surface area (Å²) >= 11 is 3.30. The first kappa shape index (κ1) is 13.7. The van der Waals surface area contributed by atoms with Crippen molar-refractivity contribution in [1.82, 2.24) is 9.44 Å². The van der Waals surface area contributed by atoms with Crippen molar-refractivity contribution in [3.05, 3.63) is 0 Å². The number of rotatable bonds is 4. The van der Waals surface area contributed by atoms with Gasteiger partial charge < -0.3 is 4.74 Å². The van der Waals surface area contributed by atoms with Crippen molar-refractivity contribution >= 4 is 32.2 Å². The number of alkyl halides is 1. The standard InChI is InChI=1S/C8H15BrN2O4S/c1-15-7(12)10-16(13,14)11-8(6-9)4-2-3-5-8/h11H,2-6H2,1H3,(H,10,12). The minimum Gasteiger partial charge on any atom is -0.452 e. The van der Waals surface area contributed by atoms with Crippen LogP contribution >= 0.6 is 15.9 Å². The van der Waals surface area contributed by atoms with Gasteiger partial charge in [0.1, 0.15) is 0 Å². The van der Waals surface area contributed by atoms with Crippen LogP contribution in [-0.4, -0.2) is 32.5 Å². The third kappa shape index (κ3) is 3.60. The summed E-state index contributed by atoms with van der Waals surface area (Å²) in [5, 5.41) is 0.530. The quantitative estimate of drug-likeness (QED) is 0.755. The van der Waals surface area contributed by atoms with E-state index in [4.69, 9.17) is 0 Å². The highest BCUT2D eigenvalue weighted by molar-refractivity contribution is 9.09. The Morgan fingerprint density at radius 3 is 2.44 bits per heavy atom. The van der Waals surface area contributed by atoms with Crippen LogP contribution in [0.3, 0.4) is 0 Å². The number of carbonyl (C=O) groups is 1. The largest absolute Gasteiger partial charge is 0.452 e. The molecule has 0 aromatic heterocycles. The summed E-state index contributed by atoms with van der Waals surface area (Å²) in [5.41, 5.74) is -0.486. The molecular formula is C8H15BrN2O4S. The summed E-state index contributed by atoms with van der Waals surface area (Å²) in [5.74, 6) is 0. The van der Waals surface area contributed by atoms with E-state index in [1.54, 1.807) is 4.72 Å². The molecule has 1 aliphatic rings. The van der Waals surface area contributed by atoms with Crippen molar-refractivity contribution in [3.63, 3.8) is 0 Å². The first-order valence-electron chi connectivity index (χ1n) is 4.89. The predicted octanol–water partition coefficient (Wildman–Crippen LogP) is 0.884. The molecule has 0 unspecified atom stereocenters. The minimum atomic E-state index is -3.85. The van der Waals surface area contributed by atoms with E-state index in [1.165, 1.54) is 0 Å². The maximum Gasteiger partial charge on any atom is 0.421 e. The molecule has 1 amide bonds. The molecular weight excluding hydrogens is 300 g/mol. The van der Waals surface area contributed by atoms with Gasteiger partial charge in [-0.15, -0.1) is 0 Å². The summed E-state index contributed by atoms with van der Waals surface area (Å²) in [6.45, 7) is 0. The fourth-order valence-electron chi connectivity index (χ4n) is 1.78. The Morgan fingerprint density at radius 2 is 2.00 bits per heavy atom. The maximum atomic E-state index is 11.6. The van der Waals surface area contributed by atoms with Crippen molar-refractivity contribution in [1.29, 1.82) is 0 Å². The second-order valence-corrected chi connectivity index (χ2v) is 5.80. The number of amides is 1. The highest BCUT2D eigenvalue weighted by Gasteiger charge is 2.37. The summed E-state index contributed by atoms with van der Waals surface area (Å²) in [6.07, 6.45) is 2.49. The van der Waals surface area contributed by atoms with Crippen molar-refractivity contribution in [3.8, 4) is 0 Å². The average Bonchev–Trinajstić information content (AvgIpc) is 2.65. The van der Waals surface area contributed by atoms with Gasteiger partial charge in [-0.25, -0.2) is 9.52 Å². The van der Waals surface area contributed by atoms with Crippen LogP contribution in [0.2, 0.25) is 0 Å². The molecule has 0 radical (unpaired) electrons. The second kappa shape index (κ2) is 5.33. The first-order chi connectivity index (χ1) is 7.43. The molecule has 0 atom stereocenters. The van der Waals surface area contributed by atoms with E-state index >= 15 is 0 Å². The highest BCUT2D eigenvalue weighted by atomic mass is 79.9. The zero-order chi connectivity index (χ0) is 12.2. The molecule has 8 heteroatoms. The Morgan fingerprint density at radius 1 is 1.44 bits per heavy atom. The van der Waals surface area contributed by atoms with Crippen molar-refractivity contribution in [2.75, 3.05) is 12.4 Å². The van der Waals surface area contributed by atoms with Gasteiger partial charge in [0.05, 0.1) is 7.11 Å². The summed E-state index contributed by atoms with van der Waals surface area (Å²) in [7, 11) is -2.74. The van der Waals surface area contributed by atoms with Crippen LogP contribution in [0.25, 0.3) is 0 Å². The normalized spacial score (nSPS) is 19.4. The summed E-state index contributed by atoms with van der Waals surface area (Å²) in [4.78, 5) is 10.8. The topological polar surface area (TPSA) is 84.5 Å². The van der Waals surface area contributed by atoms with Gasteiger partial charge >= 0.3 is 16.3 Å². The molecule has 0 aromatic carbocycles. The van der Waals surface area contributed by atoms with E-state index in [0.29, 0.717) is 5.33 Å². The van der Waals surface area contributed by atoms with Gasteiger partial charge in [0, 0.05) is 10.9 Å². The van der Waals surface area contributed by atoms with Gasteiger partial charge in [-0.05, 0) is 12.8 Å². The minimum absolute atomic E-state index is 0.486. The Hall–Kier alpha value is -0.340. The lowest BCUT2D eigenvalue weighted by Crippen LogP contribution is -2.53. The van der Waals surface area contributed by atoms with Crippen LogP contribution in [-0.2, 0) is 14.9 Å². The first-order valence-corrected chi connectivity index (χ1v) is 7.49. The molecule has 94 valence electrons. The second-order valence-electron chi connectivity index (χ2n) is 3.82. The molecule has 6 nitrogen and oxygen atoms in total. The molecule has 0 aliphatic heterocycles. The molecule has 1 fully saturated rings. The smallest absolute Gasteiger partial charge is 0.421 e. The monoisotopic (exact) mass is 314 g/mol. The Labute approximate surface area is 103 Å². The molecule has 1 aliphatic carbocycles. The number of halogens is 1. The summed E-state index contributed by atoms with van der Waals surface area (Å²) in [6, 6.07) is 0. The van der Waals surface area contributed by atoms with Crippen molar-refractivity contribution in [2.24, 2.45) is 0 Å². The van der Waals surface area contributed by atoms with Crippen LogP contribution in [0.4, 0.5) is 4.79 Å². The maximum absolute atomic E-state index is 11.6. The third-order valence-corrected chi connectivity index (χ3v) is 4.78. The van der Waals surface area contributed by atoms with E-state index in [9.17, 15) is 13.2 Å². The van der Waals surface area contributed by atoms with Gasteiger partial charge in [0.2, 0.25) is 0 Å². The van der Waals surface area contributed by atoms with E-state index in [0.717, 1.165) is 32.8 Å². The zero-order valence-corrected chi connectivity index (χ0v) is 11.4. The van der Waals surface area contributed by atoms with Gasteiger partial charge in [0.15, 0.2) is 0 Å². The molecule has 1 rings (SSSR count).